The van der Waals surface area contributed by atoms with Gasteiger partial charge in [-0.05, 0) is 55.9 Å². The SMILES string of the molecule is C=C(C)C(=O)OCCCc1ccc(C2=CC=C(OC(=O)C(=C)C)C(C)C2)cc1. The Morgan fingerprint density at radius 3 is 2.25 bits per heavy atom. The molecule has 0 spiro atoms. The molecular weight excluding hydrogens is 352 g/mol. The van der Waals surface area contributed by atoms with Gasteiger partial charge in [-0.25, -0.2) is 9.59 Å². The Labute approximate surface area is 167 Å². The van der Waals surface area contributed by atoms with Crippen molar-refractivity contribution in [2.75, 3.05) is 6.61 Å². The summed E-state index contributed by atoms with van der Waals surface area (Å²) >= 11 is 0. The number of hydrogen-bond donors (Lipinski definition) is 0. The highest BCUT2D eigenvalue weighted by Crippen LogP contribution is 2.32. The second-order valence-electron chi connectivity index (χ2n) is 7.25. The lowest BCUT2D eigenvalue weighted by molar-refractivity contribution is -0.139. The van der Waals surface area contributed by atoms with Gasteiger partial charge in [0.25, 0.3) is 0 Å². The summed E-state index contributed by atoms with van der Waals surface area (Å²) in [6, 6.07) is 8.41. The van der Waals surface area contributed by atoms with Gasteiger partial charge in [-0.1, -0.05) is 50.4 Å². The number of allylic oxidation sites excluding steroid dienone is 4. The molecule has 0 saturated carbocycles. The Bertz CT molecular complexity index is 825. The van der Waals surface area contributed by atoms with Crippen LogP contribution in [0.5, 0.6) is 0 Å². The van der Waals surface area contributed by atoms with E-state index in [0.29, 0.717) is 23.5 Å². The lowest BCUT2D eigenvalue weighted by atomic mass is 9.89. The second kappa shape index (κ2) is 9.88. The van der Waals surface area contributed by atoms with Crippen molar-refractivity contribution in [2.45, 2.75) is 40.0 Å². The number of hydrogen-bond acceptors (Lipinski definition) is 4. The molecule has 148 valence electrons. The highest BCUT2D eigenvalue weighted by atomic mass is 16.5. The van der Waals surface area contributed by atoms with E-state index in [1.165, 1.54) is 11.1 Å². The highest BCUT2D eigenvalue weighted by molar-refractivity contribution is 5.88. The van der Waals surface area contributed by atoms with Gasteiger partial charge in [0.05, 0.1) is 6.61 Å². The summed E-state index contributed by atoms with van der Waals surface area (Å²) in [6.45, 7) is 12.9. The molecule has 0 bridgehead atoms. The number of carbonyl (C=O) groups excluding carboxylic acids is 2. The predicted octanol–water partition coefficient (Wildman–Crippen LogP) is 5.16. The van der Waals surface area contributed by atoms with Gasteiger partial charge in [0, 0.05) is 17.1 Å². The molecule has 0 N–H and O–H groups in total. The molecule has 2 rings (SSSR count). The first kappa shape index (κ1) is 21.4. The second-order valence-corrected chi connectivity index (χ2v) is 7.25. The molecule has 0 aromatic heterocycles. The third-order valence-corrected chi connectivity index (χ3v) is 4.54. The minimum absolute atomic E-state index is 0.131. The fourth-order valence-corrected chi connectivity index (χ4v) is 2.84. The average molecular weight is 380 g/mol. The monoisotopic (exact) mass is 380 g/mol. The predicted molar refractivity (Wildman–Crippen MR) is 111 cm³/mol. The first-order chi connectivity index (χ1) is 13.3. The van der Waals surface area contributed by atoms with Crippen molar-refractivity contribution in [1.82, 2.24) is 0 Å². The van der Waals surface area contributed by atoms with Crippen LogP contribution in [0.4, 0.5) is 0 Å². The highest BCUT2D eigenvalue weighted by Gasteiger charge is 2.20. The summed E-state index contributed by atoms with van der Waals surface area (Å²) in [6.07, 6.45) is 6.31. The van der Waals surface area contributed by atoms with Gasteiger partial charge in [-0.2, -0.15) is 0 Å². The number of ether oxygens (including phenoxy) is 2. The summed E-state index contributed by atoms with van der Waals surface area (Å²) in [5.41, 5.74) is 4.39. The molecule has 28 heavy (non-hydrogen) atoms. The molecule has 0 heterocycles. The van der Waals surface area contributed by atoms with E-state index >= 15 is 0 Å². The van der Waals surface area contributed by atoms with E-state index in [1.807, 2.05) is 19.1 Å². The largest absolute Gasteiger partial charge is 0.462 e. The normalized spacial score (nSPS) is 15.9. The minimum Gasteiger partial charge on any atom is -0.462 e. The molecule has 1 aromatic rings. The van der Waals surface area contributed by atoms with Gasteiger partial charge in [0.15, 0.2) is 0 Å². The molecule has 1 aliphatic rings. The van der Waals surface area contributed by atoms with Crippen molar-refractivity contribution >= 4 is 17.5 Å². The number of benzene rings is 1. The van der Waals surface area contributed by atoms with Gasteiger partial charge in [-0.3, -0.25) is 0 Å². The first-order valence-corrected chi connectivity index (χ1v) is 9.48. The van der Waals surface area contributed by atoms with Crippen LogP contribution in [0.15, 0.2) is 66.5 Å². The van der Waals surface area contributed by atoms with Crippen molar-refractivity contribution in [3.63, 3.8) is 0 Å². The van der Waals surface area contributed by atoms with Crippen molar-refractivity contribution in [3.05, 3.63) is 77.6 Å². The zero-order valence-electron chi connectivity index (χ0n) is 16.9. The van der Waals surface area contributed by atoms with Crippen LogP contribution in [0.25, 0.3) is 5.57 Å². The Hall–Kier alpha value is -2.88. The zero-order valence-corrected chi connectivity index (χ0v) is 16.9. The first-order valence-electron chi connectivity index (χ1n) is 9.48. The molecule has 0 fully saturated rings. The topological polar surface area (TPSA) is 52.6 Å². The van der Waals surface area contributed by atoms with Crippen molar-refractivity contribution in [3.8, 4) is 0 Å². The molecule has 1 aromatic carbocycles. The summed E-state index contributed by atoms with van der Waals surface area (Å²) < 4.78 is 10.5. The van der Waals surface area contributed by atoms with E-state index in [1.54, 1.807) is 13.8 Å². The van der Waals surface area contributed by atoms with Crippen molar-refractivity contribution in [1.29, 1.82) is 0 Å². The molecular formula is C24H28O4. The maximum Gasteiger partial charge on any atom is 0.338 e. The van der Waals surface area contributed by atoms with E-state index in [0.717, 1.165) is 24.8 Å². The Balaban J connectivity index is 1.92. The lowest BCUT2D eigenvalue weighted by Crippen LogP contribution is -2.13. The minimum atomic E-state index is -0.381. The lowest BCUT2D eigenvalue weighted by Gasteiger charge is -2.21. The molecule has 0 saturated heterocycles. The zero-order chi connectivity index (χ0) is 20.7. The molecule has 4 heteroatoms. The van der Waals surface area contributed by atoms with Crippen LogP contribution < -0.4 is 0 Å². The fourth-order valence-electron chi connectivity index (χ4n) is 2.84. The standard InChI is InChI=1S/C24H28O4/c1-16(2)23(25)27-14-6-7-19-8-10-20(11-9-19)21-12-13-22(18(5)15-21)28-24(26)17(3)4/h8-13,18H,1,3,6-7,14-15H2,2,4-5H3. The molecule has 1 aliphatic carbocycles. The van der Waals surface area contributed by atoms with Gasteiger partial charge < -0.3 is 9.47 Å². The van der Waals surface area contributed by atoms with Gasteiger partial charge in [0.2, 0.25) is 0 Å². The Morgan fingerprint density at radius 1 is 1.04 bits per heavy atom. The smallest absolute Gasteiger partial charge is 0.338 e. The summed E-state index contributed by atoms with van der Waals surface area (Å²) in [4.78, 5) is 23.1. The third kappa shape index (κ3) is 6.08. The third-order valence-electron chi connectivity index (χ3n) is 4.54. The van der Waals surface area contributed by atoms with E-state index in [9.17, 15) is 9.59 Å². The molecule has 1 unspecified atom stereocenters. The number of esters is 2. The summed E-state index contributed by atoms with van der Waals surface area (Å²) in [5.74, 6) is 0.0898. The number of carbonyl (C=O) groups is 2. The van der Waals surface area contributed by atoms with Crippen LogP contribution in [0, 0.1) is 5.92 Å². The molecule has 1 atom stereocenters. The van der Waals surface area contributed by atoms with Crippen LogP contribution in [-0.4, -0.2) is 18.5 Å². The van der Waals surface area contributed by atoms with Gasteiger partial charge in [-0.15, -0.1) is 0 Å². The maximum absolute atomic E-state index is 11.7. The molecule has 4 nitrogen and oxygen atoms in total. The Kier molecular flexibility index (Phi) is 7.56. The Morgan fingerprint density at radius 2 is 1.68 bits per heavy atom. The summed E-state index contributed by atoms with van der Waals surface area (Å²) in [7, 11) is 0. The van der Waals surface area contributed by atoms with Crippen molar-refractivity contribution < 1.29 is 19.1 Å². The van der Waals surface area contributed by atoms with Gasteiger partial charge >= 0.3 is 11.9 Å². The van der Waals surface area contributed by atoms with E-state index in [4.69, 9.17) is 9.47 Å². The quantitative estimate of drug-likeness (QED) is 0.355. The van der Waals surface area contributed by atoms with Crippen LogP contribution in [0.1, 0.15) is 44.7 Å². The van der Waals surface area contributed by atoms with Crippen LogP contribution in [0.3, 0.4) is 0 Å². The van der Waals surface area contributed by atoms with Crippen LogP contribution >= 0.6 is 0 Å². The van der Waals surface area contributed by atoms with Crippen molar-refractivity contribution in [2.24, 2.45) is 5.92 Å². The van der Waals surface area contributed by atoms with E-state index < -0.39 is 0 Å². The van der Waals surface area contributed by atoms with Crippen LogP contribution in [0.2, 0.25) is 0 Å². The van der Waals surface area contributed by atoms with E-state index in [2.05, 4.69) is 37.4 Å². The molecule has 0 amide bonds. The molecule has 0 aliphatic heterocycles. The fraction of sp³-hybridized carbons (Fsp3) is 0.333. The van der Waals surface area contributed by atoms with Gasteiger partial charge in [0.1, 0.15) is 5.76 Å². The number of rotatable bonds is 8. The van der Waals surface area contributed by atoms with Crippen LogP contribution in [-0.2, 0) is 25.5 Å². The molecule has 0 radical (unpaired) electrons. The summed E-state index contributed by atoms with van der Waals surface area (Å²) in [5, 5.41) is 0. The maximum atomic E-state index is 11.7. The van der Waals surface area contributed by atoms with E-state index in [-0.39, 0.29) is 17.9 Å². The number of aryl methyl sites for hydroxylation is 1. The average Bonchev–Trinajstić information content (AvgIpc) is 2.66.